The number of carbonyl (C=O) groups is 4. The molecule has 0 aromatic carbocycles. The van der Waals surface area contributed by atoms with E-state index in [0.29, 0.717) is 24.7 Å². The third kappa shape index (κ3) is 36.9. The number of carbonyl (C=O) groups excluding carboxylic acids is 4. The standard InChI is InChI=1S/2C10H20O2S.2C4H6O2.Sn/c2*1-3-5-6-8(4-2)7-9(13)10(11)12;2*1-3-4(5)6-2;/h2*8-9,13H,3-7H2,1-2H3,(H,11,12);2*3H,1H2,2H3;/q;;;;+2/p-2. The largest absolute Gasteiger partial charge is 2.00 e. The monoisotopic (exact) mass is 698 g/mol. The van der Waals surface area contributed by atoms with Gasteiger partial charge in [0.15, 0.2) is 0 Å². The van der Waals surface area contributed by atoms with Gasteiger partial charge in [-0.15, -0.1) is 0 Å². The van der Waals surface area contributed by atoms with Gasteiger partial charge in [-0.05, 0) is 24.7 Å². The number of hydrogen-bond donors (Lipinski definition) is 2. The summed E-state index contributed by atoms with van der Waals surface area (Å²) < 4.78 is 8.28. The van der Waals surface area contributed by atoms with Crippen LogP contribution in [0.4, 0.5) is 0 Å². The second kappa shape index (κ2) is 34.9. The number of aliphatic carboxylic acids is 2. The van der Waals surface area contributed by atoms with Crippen LogP contribution in [-0.4, -0.2) is 72.5 Å². The Morgan fingerprint density at radius 1 is 0.718 bits per heavy atom. The van der Waals surface area contributed by atoms with Crippen LogP contribution in [0.15, 0.2) is 25.3 Å². The van der Waals surface area contributed by atoms with Crippen LogP contribution in [0.5, 0.6) is 0 Å². The molecule has 0 N–H and O–H groups in total. The van der Waals surface area contributed by atoms with Crippen molar-refractivity contribution in [2.75, 3.05) is 14.2 Å². The van der Waals surface area contributed by atoms with Gasteiger partial charge in [0.25, 0.3) is 0 Å². The summed E-state index contributed by atoms with van der Waals surface area (Å²) in [7, 11) is 2.62. The van der Waals surface area contributed by atoms with Crippen LogP contribution in [0.2, 0.25) is 0 Å². The van der Waals surface area contributed by atoms with E-state index >= 15 is 0 Å². The van der Waals surface area contributed by atoms with Gasteiger partial charge in [-0.25, -0.2) is 9.59 Å². The van der Waals surface area contributed by atoms with E-state index in [1.807, 2.05) is 0 Å². The van der Waals surface area contributed by atoms with Gasteiger partial charge in [0.2, 0.25) is 0 Å². The first-order valence-corrected chi connectivity index (χ1v) is 14.1. The molecular weight excluding hydrogens is 647 g/mol. The third-order valence-electron chi connectivity index (χ3n) is 5.48. The minimum absolute atomic E-state index is 0. The molecule has 0 saturated heterocycles. The SMILES string of the molecule is C=CC(=O)OC.C=CC(=O)OC.CCCCC(CC)CC(S)C(=O)[O-].CCCCC(CC)CC(S)C(=O)[O-].[Sn+2]. The van der Waals surface area contributed by atoms with Crippen molar-refractivity contribution in [2.45, 2.75) is 102 Å². The van der Waals surface area contributed by atoms with Gasteiger partial charge < -0.3 is 29.3 Å². The van der Waals surface area contributed by atoms with E-state index in [0.717, 1.165) is 37.8 Å². The van der Waals surface area contributed by atoms with Crippen molar-refractivity contribution in [3.8, 4) is 0 Å². The molecule has 11 heteroatoms. The second-order valence-corrected chi connectivity index (χ2v) is 9.68. The Balaban J connectivity index is -0.000000139. The summed E-state index contributed by atoms with van der Waals surface area (Å²) >= 11 is 7.96. The van der Waals surface area contributed by atoms with Gasteiger partial charge >= 0.3 is 35.8 Å². The summed E-state index contributed by atoms with van der Waals surface area (Å²) in [4.78, 5) is 40.6. The molecule has 0 aliphatic heterocycles. The minimum atomic E-state index is -1.04. The van der Waals surface area contributed by atoms with Crippen molar-refractivity contribution in [2.24, 2.45) is 11.8 Å². The van der Waals surface area contributed by atoms with Crippen LogP contribution in [0.1, 0.15) is 91.9 Å². The predicted octanol–water partition coefficient (Wildman–Crippen LogP) is 3.59. The Kier molecular flexibility index (Phi) is 42.6. The molecule has 8 nitrogen and oxygen atoms in total. The number of unbranched alkanes of at least 4 members (excludes halogenated alkanes) is 2. The van der Waals surface area contributed by atoms with Gasteiger partial charge in [0, 0.05) is 22.7 Å². The summed E-state index contributed by atoms with van der Waals surface area (Å²) in [5.41, 5.74) is 0. The van der Waals surface area contributed by atoms with Gasteiger partial charge in [-0.3, -0.25) is 0 Å². The number of hydrogen-bond acceptors (Lipinski definition) is 10. The van der Waals surface area contributed by atoms with E-state index in [1.165, 1.54) is 39.9 Å². The van der Waals surface area contributed by atoms with E-state index in [9.17, 15) is 29.4 Å². The summed E-state index contributed by atoms with van der Waals surface area (Å²) in [5.74, 6) is -1.90. The Hall–Kier alpha value is -1.14. The summed E-state index contributed by atoms with van der Waals surface area (Å²) in [5, 5.41) is 19.7. The fraction of sp³-hybridized carbons (Fsp3) is 0.714. The number of carboxylic acids is 2. The first-order chi connectivity index (χ1) is 17.8. The molecular formula is C28H50O8S2Sn. The molecule has 4 unspecified atom stereocenters. The zero-order valence-electron chi connectivity index (χ0n) is 24.6. The molecule has 0 amide bonds. The number of methoxy groups -OCH3 is 2. The molecule has 0 rings (SSSR count). The van der Waals surface area contributed by atoms with Crippen molar-refractivity contribution in [3.63, 3.8) is 0 Å². The molecule has 226 valence electrons. The van der Waals surface area contributed by atoms with Crippen LogP contribution in [-0.2, 0) is 28.7 Å². The fourth-order valence-corrected chi connectivity index (χ4v) is 3.55. The topological polar surface area (TPSA) is 133 Å². The molecule has 0 saturated carbocycles. The third-order valence-corrected chi connectivity index (χ3v) is 6.32. The van der Waals surface area contributed by atoms with Gasteiger partial charge in [0.1, 0.15) is 0 Å². The zero-order chi connectivity index (χ0) is 30.5. The Labute approximate surface area is 264 Å². The van der Waals surface area contributed by atoms with Gasteiger partial charge in [0.05, 0.1) is 26.2 Å². The van der Waals surface area contributed by atoms with Crippen molar-refractivity contribution < 1.29 is 38.9 Å². The molecule has 0 fully saturated rings. The normalized spacial score (nSPS) is 12.3. The van der Waals surface area contributed by atoms with Crippen LogP contribution in [0.3, 0.4) is 0 Å². The number of esters is 2. The molecule has 39 heavy (non-hydrogen) atoms. The Morgan fingerprint density at radius 3 is 1.13 bits per heavy atom. The first kappa shape index (κ1) is 47.6. The van der Waals surface area contributed by atoms with Crippen molar-refractivity contribution >= 4 is 73.0 Å². The van der Waals surface area contributed by atoms with Crippen molar-refractivity contribution in [3.05, 3.63) is 25.3 Å². The predicted molar refractivity (Wildman–Crippen MR) is 162 cm³/mol. The quantitative estimate of drug-likeness (QED) is 0.108. The van der Waals surface area contributed by atoms with E-state index < -0.39 is 34.4 Å². The summed E-state index contributed by atoms with van der Waals surface area (Å²) in [6.07, 6.45) is 12.5. The summed E-state index contributed by atoms with van der Waals surface area (Å²) in [6.45, 7) is 14.8. The minimum Gasteiger partial charge on any atom is -0.549 e. The number of rotatable bonds is 16. The maximum atomic E-state index is 10.4. The molecule has 4 atom stereocenters. The molecule has 0 spiro atoms. The Bertz CT molecular complexity index is 593. The van der Waals surface area contributed by atoms with Gasteiger partial charge in [-0.2, -0.15) is 25.3 Å². The van der Waals surface area contributed by atoms with E-state index in [1.54, 1.807) is 0 Å². The average Bonchev–Trinajstić information content (AvgIpc) is 2.92. The van der Waals surface area contributed by atoms with E-state index in [-0.39, 0.29) is 23.9 Å². The van der Waals surface area contributed by atoms with E-state index in [4.69, 9.17) is 0 Å². The van der Waals surface area contributed by atoms with Crippen LogP contribution < -0.4 is 10.2 Å². The number of ether oxygens (including phenoxy) is 2. The maximum absolute atomic E-state index is 10.4. The van der Waals surface area contributed by atoms with Crippen molar-refractivity contribution in [1.82, 2.24) is 0 Å². The molecule has 0 aromatic heterocycles. The molecule has 0 heterocycles. The molecule has 0 bridgehead atoms. The molecule has 2 radical (unpaired) electrons. The van der Waals surface area contributed by atoms with Gasteiger partial charge in [-0.1, -0.05) is 92.2 Å². The number of thiol groups is 2. The second-order valence-electron chi connectivity index (χ2n) is 8.43. The average molecular weight is 698 g/mol. The van der Waals surface area contributed by atoms with Crippen LogP contribution >= 0.6 is 25.3 Å². The van der Waals surface area contributed by atoms with Crippen LogP contribution in [0.25, 0.3) is 0 Å². The maximum Gasteiger partial charge on any atom is 2.00 e. The molecule has 0 aliphatic carbocycles. The van der Waals surface area contributed by atoms with Crippen LogP contribution in [0, 0.1) is 11.8 Å². The molecule has 0 aromatic rings. The number of carboxylic acid groups (broad SMARTS) is 2. The first-order valence-electron chi connectivity index (χ1n) is 13.0. The smallest absolute Gasteiger partial charge is 0.549 e. The van der Waals surface area contributed by atoms with E-state index in [2.05, 4.69) is 75.6 Å². The fourth-order valence-electron chi connectivity index (χ4n) is 2.95. The molecule has 0 aliphatic rings. The summed E-state index contributed by atoms with van der Waals surface area (Å²) in [6, 6.07) is 0. The zero-order valence-corrected chi connectivity index (χ0v) is 29.3. The Morgan fingerprint density at radius 2 is 1.00 bits per heavy atom. The van der Waals surface area contributed by atoms with Crippen molar-refractivity contribution in [1.29, 1.82) is 0 Å².